The van der Waals surface area contributed by atoms with Crippen LogP contribution in [-0.4, -0.2) is 26.2 Å². The van der Waals surface area contributed by atoms with Crippen LogP contribution in [0.25, 0.3) is 0 Å². The van der Waals surface area contributed by atoms with Gasteiger partial charge in [0, 0.05) is 11.6 Å². The predicted molar refractivity (Wildman–Crippen MR) is 80.7 cm³/mol. The van der Waals surface area contributed by atoms with E-state index in [0.717, 1.165) is 19.3 Å². The number of benzene rings is 1. The fourth-order valence-corrected chi connectivity index (χ4v) is 4.16. The van der Waals surface area contributed by atoms with Gasteiger partial charge in [0.15, 0.2) is 0 Å². The molecule has 0 amide bonds. The maximum atomic E-state index is 12.4. The van der Waals surface area contributed by atoms with Gasteiger partial charge in [-0.25, -0.2) is 13.1 Å². The molecule has 2 atom stereocenters. The highest BCUT2D eigenvalue weighted by Crippen LogP contribution is 2.28. The van der Waals surface area contributed by atoms with Crippen LogP contribution < -0.4 is 9.46 Å². The molecule has 118 valence electrons. The average Bonchev–Trinajstić information content (AvgIpc) is 2.84. The summed E-state index contributed by atoms with van der Waals surface area (Å²) in [6.07, 6.45) is 2.99. The first kappa shape index (κ1) is 16.3. The van der Waals surface area contributed by atoms with E-state index in [1.165, 1.54) is 12.1 Å². The topological polar surface area (TPSA) is 75.6 Å². The smallest absolute Gasteiger partial charge is 0.240 e. The summed E-state index contributed by atoms with van der Waals surface area (Å²) in [6, 6.07) is 4.60. The first-order valence-electron chi connectivity index (χ1n) is 7.37. The second-order valence-electron chi connectivity index (χ2n) is 5.50. The summed E-state index contributed by atoms with van der Waals surface area (Å²) < 4.78 is 33.0. The lowest BCUT2D eigenvalue weighted by Gasteiger charge is -2.18. The molecule has 1 fully saturated rings. The van der Waals surface area contributed by atoms with Gasteiger partial charge in [-0.05, 0) is 43.9 Å². The van der Waals surface area contributed by atoms with Crippen LogP contribution in [0.15, 0.2) is 23.1 Å². The summed E-state index contributed by atoms with van der Waals surface area (Å²) in [7, 11) is -3.56. The molecule has 2 rings (SSSR count). The lowest BCUT2D eigenvalue weighted by Crippen LogP contribution is -2.36. The fourth-order valence-electron chi connectivity index (χ4n) is 2.73. The number of aliphatic hydroxyl groups excluding tert-OH is 1. The van der Waals surface area contributed by atoms with Gasteiger partial charge in [-0.2, -0.15) is 0 Å². The number of hydrogen-bond acceptors (Lipinski definition) is 4. The minimum Gasteiger partial charge on any atom is -0.494 e. The van der Waals surface area contributed by atoms with Crippen molar-refractivity contribution < 1.29 is 18.3 Å². The van der Waals surface area contributed by atoms with Gasteiger partial charge in [0.2, 0.25) is 10.0 Å². The Morgan fingerprint density at radius 2 is 2.14 bits per heavy atom. The Morgan fingerprint density at radius 1 is 1.38 bits per heavy atom. The second-order valence-corrected chi connectivity index (χ2v) is 7.21. The molecule has 1 aromatic rings. The minimum atomic E-state index is -3.56. The molecule has 1 aromatic carbocycles. The third kappa shape index (κ3) is 3.75. The van der Waals surface area contributed by atoms with Crippen LogP contribution in [0, 0.1) is 5.92 Å². The number of sulfonamides is 1. The lowest BCUT2D eigenvalue weighted by molar-refractivity contribution is 0.266. The molecule has 1 saturated carbocycles. The van der Waals surface area contributed by atoms with E-state index in [2.05, 4.69) is 11.6 Å². The van der Waals surface area contributed by atoms with Crippen LogP contribution in [0.1, 0.15) is 38.7 Å². The number of nitrogens with one attached hydrogen (secondary N) is 1. The van der Waals surface area contributed by atoms with Crippen LogP contribution in [0.5, 0.6) is 5.75 Å². The SMILES string of the molecule is CCOc1ccc(S(=O)(=O)NC2CCCC2C)cc1CO. The highest BCUT2D eigenvalue weighted by Gasteiger charge is 2.28. The molecular formula is C15H23NO4S. The number of aliphatic hydroxyl groups is 1. The number of ether oxygens (including phenoxy) is 1. The predicted octanol–water partition coefficient (Wildman–Crippen LogP) is 2.04. The van der Waals surface area contributed by atoms with E-state index in [9.17, 15) is 13.5 Å². The van der Waals surface area contributed by atoms with Crippen LogP contribution in [-0.2, 0) is 16.6 Å². The van der Waals surface area contributed by atoms with Crippen molar-refractivity contribution in [1.82, 2.24) is 4.72 Å². The molecule has 0 aromatic heterocycles. The largest absolute Gasteiger partial charge is 0.494 e. The van der Waals surface area contributed by atoms with Gasteiger partial charge in [0.1, 0.15) is 5.75 Å². The zero-order valence-corrected chi connectivity index (χ0v) is 13.3. The molecule has 0 spiro atoms. The van der Waals surface area contributed by atoms with Crippen molar-refractivity contribution in [3.63, 3.8) is 0 Å². The van der Waals surface area contributed by atoms with Gasteiger partial charge in [-0.1, -0.05) is 13.3 Å². The third-order valence-electron chi connectivity index (χ3n) is 3.98. The quantitative estimate of drug-likeness (QED) is 0.843. The van der Waals surface area contributed by atoms with Gasteiger partial charge in [0.25, 0.3) is 0 Å². The fraction of sp³-hybridized carbons (Fsp3) is 0.600. The van der Waals surface area contributed by atoms with Crippen LogP contribution >= 0.6 is 0 Å². The highest BCUT2D eigenvalue weighted by atomic mass is 32.2. The zero-order chi connectivity index (χ0) is 15.5. The van der Waals surface area contributed by atoms with Crippen molar-refractivity contribution in [2.75, 3.05) is 6.61 Å². The van der Waals surface area contributed by atoms with Crippen molar-refractivity contribution in [2.24, 2.45) is 5.92 Å². The van der Waals surface area contributed by atoms with Gasteiger partial charge in [-0.3, -0.25) is 0 Å². The molecular weight excluding hydrogens is 290 g/mol. The van der Waals surface area contributed by atoms with Crippen LogP contribution in [0.2, 0.25) is 0 Å². The molecule has 0 saturated heterocycles. The minimum absolute atomic E-state index is 0.000792. The van der Waals surface area contributed by atoms with Gasteiger partial charge < -0.3 is 9.84 Å². The molecule has 2 unspecified atom stereocenters. The van der Waals surface area contributed by atoms with E-state index in [1.807, 2.05) is 6.92 Å². The Labute approximate surface area is 126 Å². The molecule has 1 aliphatic rings. The van der Waals surface area contributed by atoms with Gasteiger partial charge in [-0.15, -0.1) is 0 Å². The molecule has 2 N–H and O–H groups in total. The van der Waals surface area contributed by atoms with Crippen LogP contribution in [0.3, 0.4) is 0 Å². The van der Waals surface area contributed by atoms with Gasteiger partial charge >= 0.3 is 0 Å². The van der Waals surface area contributed by atoms with Crippen molar-refractivity contribution >= 4 is 10.0 Å². The number of hydrogen-bond donors (Lipinski definition) is 2. The molecule has 6 heteroatoms. The summed E-state index contributed by atoms with van der Waals surface area (Å²) in [5, 5.41) is 9.37. The van der Waals surface area contributed by atoms with E-state index >= 15 is 0 Å². The lowest BCUT2D eigenvalue weighted by atomic mass is 10.1. The Balaban J connectivity index is 2.23. The summed E-state index contributed by atoms with van der Waals surface area (Å²) in [5.41, 5.74) is 0.485. The van der Waals surface area contributed by atoms with E-state index in [4.69, 9.17) is 4.74 Å². The van der Waals surface area contributed by atoms with E-state index < -0.39 is 10.0 Å². The normalized spacial score (nSPS) is 22.4. The molecule has 5 nitrogen and oxygen atoms in total. The van der Waals surface area contributed by atoms with Crippen molar-refractivity contribution in [3.05, 3.63) is 23.8 Å². The number of rotatable bonds is 6. The molecule has 21 heavy (non-hydrogen) atoms. The standard InChI is InChI=1S/C15H23NO4S/c1-3-20-15-8-7-13(9-12(15)10-17)21(18,19)16-14-6-4-5-11(14)2/h7-9,11,14,16-17H,3-6,10H2,1-2H3. The summed E-state index contributed by atoms with van der Waals surface area (Å²) in [4.78, 5) is 0.175. The second kappa shape index (κ2) is 6.77. The Bertz CT molecular complexity index is 585. The monoisotopic (exact) mass is 313 g/mol. The Hall–Kier alpha value is -1.11. The Kier molecular flexibility index (Phi) is 5.24. The maximum absolute atomic E-state index is 12.4. The summed E-state index contributed by atoms with van der Waals surface area (Å²) in [5.74, 6) is 0.882. The van der Waals surface area contributed by atoms with Crippen molar-refractivity contribution in [1.29, 1.82) is 0 Å². The summed E-state index contributed by atoms with van der Waals surface area (Å²) in [6.45, 7) is 4.13. The van der Waals surface area contributed by atoms with E-state index in [1.54, 1.807) is 6.07 Å². The zero-order valence-electron chi connectivity index (χ0n) is 12.5. The molecule has 0 aliphatic heterocycles. The first-order chi connectivity index (χ1) is 9.97. The van der Waals surface area contributed by atoms with E-state index in [-0.39, 0.29) is 17.5 Å². The van der Waals surface area contributed by atoms with E-state index in [0.29, 0.717) is 23.8 Å². The maximum Gasteiger partial charge on any atom is 0.240 e. The molecule has 0 heterocycles. The highest BCUT2D eigenvalue weighted by molar-refractivity contribution is 7.89. The van der Waals surface area contributed by atoms with Crippen molar-refractivity contribution in [3.8, 4) is 5.75 Å². The molecule has 0 radical (unpaired) electrons. The summed E-state index contributed by atoms with van der Waals surface area (Å²) >= 11 is 0. The Morgan fingerprint density at radius 3 is 2.71 bits per heavy atom. The van der Waals surface area contributed by atoms with Gasteiger partial charge in [0.05, 0.1) is 18.1 Å². The molecule has 0 bridgehead atoms. The third-order valence-corrected chi connectivity index (χ3v) is 5.47. The van der Waals surface area contributed by atoms with Crippen LogP contribution in [0.4, 0.5) is 0 Å². The first-order valence-corrected chi connectivity index (χ1v) is 8.85. The molecule has 1 aliphatic carbocycles. The van der Waals surface area contributed by atoms with Crippen molar-refractivity contribution in [2.45, 2.75) is 50.7 Å². The average molecular weight is 313 g/mol.